The Hall–Kier alpha value is -3.35. The second-order valence-corrected chi connectivity index (χ2v) is 4.59. The molecule has 2 aromatic rings. The van der Waals surface area contributed by atoms with Crippen molar-refractivity contribution in [3.8, 4) is 17.2 Å². The number of fused-ring (bicyclic) bond motifs is 2. The summed E-state index contributed by atoms with van der Waals surface area (Å²) in [6.45, 7) is 0. The molecule has 1 aliphatic carbocycles. The SMILES string of the molecule is O=C(O)Oc1cc(O)c2c(c1)C(=O)c1cccc(O)c1C2=O. The summed E-state index contributed by atoms with van der Waals surface area (Å²) in [5, 5.41) is 28.3. The summed E-state index contributed by atoms with van der Waals surface area (Å²) in [6.07, 6.45) is -1.62. The van der Waals surface area contributed by atoms with Crippen molar-refractivity contribution in [1.82, 2.24) is 0 Å². The highest BCUT2D eigenvalue weighted by atomic mass is 16.7. The van der Waals surface area contributed by atoms with Gasteiger partial charge in [0, 0.05) is 17.2 Å². The highest BCUT2D eigenvalue weighted by Crippen LogP contribution is 2.38. The quantitative estimate of drug-likeness (QED) is 0.463. The zero-order valence-corrected chi connectivity index (χ0v) is 10.9. The van der Waals surface area contributed by atoms with Crippen LogP contribution in [-0.4, -0.2) is 33.0 Å². The molecule has 110 valence electrons. The third kappa shape index (κ3) is 1.87. The van der Waals surface area contributed by atoms with Gasteiger partial charge in [0.2, 0.25) is 5.78 Å². The summed E-state index contributed by atoms with van der Waals surface area (Å²) in [6, 6.07) is 6.01. The number of benzene rings is 2. The standard InChI is InChI=1S/C15H8O7/c16-9-3-1-2-7-11(9)14(19)12-8(13(7)18)4-6(5-10(12)17)22-15(20)21/h1-5,16-17H,(H,20,21). The van der Waals surface area contributed by atoms with Crippen LogP contribution in [0.3, 0.4) is 0 Å². The summed E-state index contributed by atoms with van der Waals surface area (Å²) in [4.78, 5) is 35.4. The average Bonchev–Trinajstić information content (AvgIpc) is 2.43. The molecule has 0 unspecified atom stereocenters. The predicted molar refractivity (Wildman–Crippen MR) is 71.7 cm³/mol. The summed E-state index contributed by atoms with van der Waals surface area (Å²) in [7, 11) is 0. The fourth-order valence-electron chi connectivity index (χ4n) is 2.42. The lowest BCUT2D eigenvalue weighted by Gasteiger charge is -2.19. The molecule has 3 rings (SSSR count). The molecule has 1 aliphatic rings. The lowest BCUT2D eigenvalue weighted by molar-refractivity contribution is 0.0973. The maximum absolute atomic E-state index is 12.4. The Morgan fingerprint density at radius 3 is 2.27 bits per heavy atom. The van der Waals surface area contributed by atoms with Crippen LogP contribution < -0.4 is 4.74 Å². The first-order chi connectivity index (χ1) is 10.4. The Balaban J connectivity index is 2.25. The molecule has 3 N–H and O–H groups in total. The fourth-order valence-corrected chi connectivity index (χ4v) is 2.42. The zero-order valence-electron chi connectivity index (χ0n) is 10.9. The molecule has 2 aromatic carbocycles. The minimum absolute atomic E-state index is 0.0237. The van der Waals surface area contributed by atoms with Crippen molar-refractivity contribution < 1.29 is 34.4 Å². The van der Waals surface area contributed by atoms with Crippen LogP contribution in [0.2, 0.25) is 0 Å². The number of phenols is 2. The van der Waals surface area contributed by atoms with Gasteiger partial charge in [-0.05, 0) is 12.1 Å². The maximum atomic E-state index is 12.4. The third-order valence-corrected chi connectivity index (χ3v) is 3.28. The van der Waals surface area contributed by atoms with Gasteiger partial charge < -0.3 is 20.1 Å². The van der Waals surface area contributed by atoms with Crippen LogP contribution >= 0.6 is 0 Å². The number of carbonyl (C=O) groups is 3. The molecule has 0 aromatic heterocycles. The van der Waals surface area contributed by atoms with Gasteiger partial charge in [0.25, 0.3) is 0 Å². The summed E-state index contributed by atoms with van der Waals surface area (Å²) < 4.78 is 4.40. The van der Waals surface area contributed by atoms with E-state index in [4.69, 9.17) is 5.11 Å². The summed E-state index contributed by atoms with van der Waals surface area (Å²) >= 11 is 0. The van der Waals surface area contributed by atoms with Gasteiger partial charge in [-0.3, -0.25) is 9.59 Å². The highest BCUT2D eigenvalue weighted by molar-refractivity contribution is 6.30. The van der Waals surface area contributed by atoms with E-state index in [0.29, 0.717) is 0 Å². The Kier molecular flexibility index (Phi) is 2.84. The van der Waals surface area contributed by atoms with E-state index >= 15 is 0 Å². The molecule has 0 saturated carbocycles. The van der Waals surface area contributed by atoms with E-state index < -0.39 is 23.5 Å². The van der Waals surface area contributed by atoms with Crippen molar-refractivity contribution in [1.29, 1.82) is 0 Å². The monoisotopic (exact) mass is 300 g/mol. The van der Waals surface area contributed by atoms with E-state index in [-0.39, 0.29) is 33.8 Å². The predicted octanol–water partition coefficient (Wildman–Crippen LogP) is 1.93. The molecular formula is C15H8O7. The Morgan fingerprint density at radius 2 is 1.59 bits per heavy atom. The number of carbonyl (C=O) groups excluding carboxylic acids is 2. The third-order valence-electron chi connectivity index (χ3n) is 3.28. The van der Waals surface area contributed by atoms with Gasteiger partial charge in [-0.2, -0.15) is 0 Å². The number of ketones is 2. The van der Waals surface area contributed by atoms with Gasteiger partial charge in [0.1, 0.15) is 17.2 Å². The Morgan fingerprint density at radius 1 is 0.909 bits per heavy atom. The van der Waals surface area contributed by atoms with Crippen molar-refractivity contribution in [2.24, 2.45) is 0 Å². The number of hydrogen-bond acceptors (Lipinski definition) is 6. The smallest absolute Gasteiger partial charge is 0.507 e. The zero-order chi connectivity index (χ0) is 16.0. The number of aromatic hydroxyl groups is 2. The Labute approximate surface area is 123 Å². The minimum Gasteiger partial charge on any atom is -0.507 e. The lowest BCUT2D eigenvalue weighted by Crippen LogP contribution is -2.21. The molecule has 0 fully saturated rings. The first-order valence-corrected chi connectivity index (χ1v) is 6.09. The molecule has 0 amide bonds. The number of carboxylic acid groups (broad SMARTS) is 1. The number of ether oxygens (including phenoxy) is 1. The van der Waals surface area contributed by atoms with E-state index in [0.717, 1.165) is 12.1 Å². The molecule has 22 heavy (non-hydrogen) atoms. The van der Waals surface area contributed by atoms with Crippen LogP contribution in [0.15, 0.2) is 30.3 Å². The molecule has 0 heterocycles. The number of rotatable bonds is 1. The molecule has 0 atom stereocenters. The molecule has 0 saturated heterocycles. The van der Waals surface area contributed by atoms with Crippen molar-refractivity contribution in [3.05, 3.63) is 52.6 Å². The highest BCUT2D eigenvalue weighted by Gasteiger charge is 2.34. The second-order valence-electron chi connectivity index (χ2n) is 4.59. The molecular weight excluding hydrogens is 292 g/mol. The molecule has 0 spiro atoms. The van der Waals surface area contributed by atoms with Gasteiger partial charge in [0.15, 0.2) is 5.78 Å². The van der Waals surface area contributed by atoms with Gasteiger partial charge >= 0.3 is 6.16 Å². The number of hydrogen-bond donors (Lipinski definition) is 3. The topological polar surface area (TPSA) is 121 Å². The van der Waals surface area contributed by atoms with Crippen molar-refractivity contribution in [2.75, 3.05) is 0 Å². The van der Waals surface area contributed by atoms with Crippen molar-refractivity contribution in [3.63, 3.8) is 0 Å². The minimum atomic E-state index is -1.62. The van der Waals surface area contributed by atoms with Crippen LogP contribution in [0.5, 0.6) is 17.2 Å². The van der Waals surface area contributed by atoms with Gasteiger partial charge in [-0.1, -0.05) is 12.1 Å². The van der Waals surface area contributed by atoms with Crippen LogP contribution in [0.4, 0.5) is 4.79 Å². The summed E-state index contributed by atoms with van der Waals surface area (Å²) in [5.74, 6) is -2.59. The molecule has 0 aliphatic heterocycles. The largest absolute Gasteiger partial charge is 0.511 e. The van der Waals surface area contributed by atoms with Gasteiger partial charge in [0.05, 0.1) is 11.1 Å². The van der Waals surface area contributed by atoms with Crippen LogP contribution in [0.1, 0.15) is 31.8 Å². The lowest BCUT2D eigenvalue weighted by atomic mass is 9.83. The Bertz CT molecular complexity index is 851. The molecule has 0 radical (unpaired) electrons. The number of phenolic OH excluding ortho intramolecular Hbond substituents is 2. The van der Waals surface area contributed by atoms with Crippen molar-refractivity contribution >= 4 is 17.7 Å². The first-order valence-electron chi connectivity index (χ1n) is 6.09. The molecule has 7 heteroatoms. The first kappa shape index (κ1) is 13.6. The van der Waals surface area contributed by atoms with Crippen LogP contribution in [0.25, 0.3) is 0 Å². The second kappa shape index (κ2) is 4.59. The van der Waals surface area contributed by atoms with Gasteiger partial charge in [-0.25, -0.2) is 4.79 Å². The molecule has 0 bridgehead atoms. The van der Waals surface area contributed by atoms with E-state index in [1.807, 2.05) is 0 Å². The fraction of sp³-hybridized carbons (Fsp3) is 0. The average molecular weight is 300 g/mol. The normalized spacial score (nSPS) is 12.5. The van der Waals surface area contributed by atoms with E-state index in [2.05, 4.69) is 4.74 Å². The molecule has 7 nitrogen and oxygen atoms in total. The van der Waals surface area contributed by atoms with Crippen LogP contribution in [-0.2, 0) is 0 Å². The van der Waals surface area contributed by atoms with E-state index in [9.17, 15) is 24.6 Å². The maximum Gasteiger partial charge on any atom is 0.511 e. The van der Waals surface area contributed by atoms with Crippen LogP contribution in [0, 0.1) is 0 Å². The van der Waals surface area contributed by atoms with E-state index in [1.165, 1.54) is 18.2 Å². The summed E-state index contributed by atoms with van der Waals surface area (Å²) in [5.41, 5.74) is -0.692. The van der Waals surface area contributed by atoms with Crippen molar-refractivity contribution in [2.45, 2.75) is 0 Å². The van der Waals surface area contributed by atoms with E-state index in [1.54, 1.807) is 0 Å². The van der Waals surface area contributed by atoms with Gasteiger partial charge in [-0.15, -0.1) is 0 Å².